The molecule has 5 rings (SSSR count). The van der Waals surface area contributed by atoms with Crippen molar-refractivity contribution in [2.24, 2.45) is 28.8 Å². The second kappa shape index (κ2) is 8.60. The number of halogens is 4. The Hall–Kier alpha value is -1.67. The molecule has 164 valence electrons. The SMILES string of the molecule is O=C1C2C3C=CC(C3)C2C(=O)N1N=Cc1cc(Br)c(OCc2ccc(Cl)cc2Cl)c(Br)c1. The smallest absolute Gasteiger partial charge is 0.254 e. The number of benzene rings is 2. The first kappa shape index (κ1) is 22.1. The van der Waals surface area contributed by atoms with Gasteiger partial charge in [-0.1, -0.05) is 41.4 Å². The Labute approximate surface area is 211 Å². The zero-order chi connectivity index (χ0) is 22.6. The van der Waals surface area contributed by atoms with E-state index in [4.69, 9.17) is 27.9 Å². The Kier molecular flexibility index (Phi) is 5.95. The molecule has 0 spiro atoms. The molecule has 1 aliphatic heterocycles. The number of carbonyl (C=O) groups is 2. The van der Waals surface area contributed by atoms with Gasteiger partial charge in [0, 0.05) is 15.6 Å². The molecule has 2 aromatic carbocycles. The lowest BCUT2D eigenvalue weighted by Gasteiger charge is -2.13. The number of hydrazone groups is 1. The van der Waals surface area contributed by atoms with Crippen LogP contribution in [-0.4, -0.2) is 23.0 Å². The molecule has 4 atom stereocenters. The quantitative estimate of drug-likeness (QED) is 0.233. The highest BCUT2D eigenvalue weighted by Gasteiger charge is 2.59. The third-order valence-electron chi connectivity index (χ3n) is 6.18. The number of carbonyl (C=O) groups excluding carboxylic acids is 2. The van der Waals surface area contributed by atoms with Gasteiger partial charge in [0.05, 0.1) is 27.0 Å². The summed E-state index contributed by atoms with van der Waals surface area (Å²) in [6.07, 6.45) is 6.54. The third kappa shape index (κ3) is 3.83. The van der Waals surface area contributed by atoms with Crippen LogP contribution in [0.5, 0.6) is 5.75 Å². The molecule has 5 nitrogen and oxygen atoms in total. The number of imide groups is 1. The average molecular weight is 599 g/mol. The minimum atomic E-state index is -0.261. The van der Waals surface area contributed by atoms with E-state index in [1.807, 2.05) is 18.2 Å². The molecule has 32 heavy (non-hydrogen) atoms. The lowest BCUT2D eigenvalue weighted by atomic mass is 9.85. The van der Waals surface area contributed by atoms with Gasteiger partial charge in [-0.15, -0.1) is 0 Å². The molecule has 2 amide bonds. The minimum absolute atomic E-state index is 0.163. The number of allylic oxidation sites excluding steroid dienone is 2. The molecule has 2 aromatic rings. The Morgan fingerprint density at radius 1 is 1.03 bits per heavy atom. The molecular formula is C23H16Br2Cl2N2O3. The molecular weight excluding hydrogens is 583 g/mol. The summed E-state index contributed by atoms with van der Waals surface area (Å²) in [6, 6.07) is 8.86. The van der Waals surface area contributed by atoms with Gasteiger partial charge < -0.3 is 4.74 Å². The highest BCUT2D eigenvalue weighted by Crippen LogP contribution is 2.52. The molecule has 4 unspecified atom stereocenters. The van der Waals surface area contributed by atoms with Gasteiger partial charge in [0.1, 0.15) is 12.4 Å². The van der Waals surface area contributed by atoms with E-state index < -0.39 is 0 Å². The first-order chi connectivity index (χ1) is 15.3. The molecule has 2 fully saturated rings. The van der Waals surface area contributed by atoms with Crippen molar-refractivity contribution in [3.05, 3.63) is 72.6 Å². The lowest BCUT2D eigenvalue weighted by Crippen LogP contribution is -2.28. The predicted molar refractivity (Wildman–Crippen MR) is 130 cm³/mol. The average Bonchev–Trinajstić information content (AvgIpc) is 3.42. The molecule has 2 aliphatic carbocycles. The van der Waals surface area contributed by atoms with E-state index in [1.165, 1.54) is 6.21 Å². The fraction of sp³-hybridized carbons (Fsp3) is 0.261. The third-order valence-corrected chi connectivity index (χ3v) is 7.94. The zero-order valence-corrected chi connectivity index (χ0v) is 21.2. The number of ether oxygens (including phenoxy) is 1. The van der Waals surface area contributed by atoms with Crippen molar-refractivity contribution in [1.29, 1.82) is 0 Å². The van der Waals surface area contributed by atoms with Crippen molar-refractivity contribution in [1.82, 2.24) is 5.01 Å². The van der Waals surface area contributed by atoms with E-state index in [1.54, 1.807) is 12.1 Å². The Morgan fingerprint density at radius 2 is 1.66 bits per heavy atom. The van der Waals surface area contributed by atoms with Gasteiger partial charge in [0.15, 0.2) is 0 Å². The van der Waals surface area contributed by atoms with Gasteiger partial charge >= 0.3 is 0 Å². The van der Waals surface area contributed by atoms with Gasteiger partial charge in [-0.05, 0) is 79.9 Å². The summed E-state index contributed by atoms with van der Waals surface area (Å²) in [5.74, 6) is -0.00561. The van der Waals surface area contributed by atoms with Crippen molar-refractivity contribution in [3.63, 3.8) is 0 Å². The molecule has 2 bridgehead atoms. The number of hydrogen-bond donors (Lipinski definition) is 0. The summed E-state index contributed by atoms with van der Waals surface area (Å²) in [7, 11) is 0. The van der Waals surface area contributed by atoms with Crippen LogP contribution < -0.4 is 4.74 Å². The monoisotopic (exact) mass is 596 g/mol. The van der Waals surface area contributed by atoms with Gasteiger partial charge in [0.25, 0.3) is 11.8 Å². The van der Waals surface area contributed by atoms with Crippen LogP contribution in [0.3, 0.4) is 0 Å². The van der Waals surface area contributed by atoms with E-state index in [0.29, 0.717) is 30.3 Å². The standard InChI is InChI=1S/C23H16Br2Cl2N2O3/c24-16-5-11(6-17(25)21(16)32-10-14-3-4-15(26)8-18(14)27)9-28-29-22(30)19-12-1-2-13(7-12)20(19)23(29)31/h1-6,8-9,12-13,19-20H,7,10H2. The second-order valence-corrected chi connectivity index (χ2v) is 10.6. The fourth-order valence-electron chi connectivity index (χ4n) is 4.71. The van der Waals surface area contributed by atoms with Crippen LogP contribution in [0.1, 0.15) is 17.5 Å². The van der Waals surface area contributed by atoms with Crippen molar-refractivity contribution in [3.8, 4) is 5.75 Å². The van der Waals surface area contributed by atoms with Crippen LogP contribution in [0, 0.1) is 23.7 Å². The molecule has 0 aromatic heterocycles. The highest BCUT2D eigenvalue weighted by molar-refractivity contribution is 9.11. The van der Waals surface area contributed by atoms with Crippen LogP contribution in [0.15, 0.2) is 56.5 Å². The summed E-state index contributed by atoms with van der Waals surface area (Å²) >= 11 is 19.2. The summed E-state index contributed by atoms with van der Waals surface area (Å²) in [5.41, 5.74) is 1.51. The number of hydrogen-bond acceptors (Lipinski definition) is 4. The van der Waals surface area contributed by atoms with Crippen LogP contribution in [0.25, 0.3) is 0 Å². The number of rotatable bonds is 5. The topological polar surface area (TPSA) is 59.0 Å². The van der Waals surface area contributed by atoms with E-state index in [9.17, 15) is 9.59 Å². The van der Waals surface area contributed by atoms with Crippen LogP contribution in [-0.2, 0) is 16.2 Å². The van der Waals surface area contributed by atoms with Crippen LogP contribution in [0.4, 0.5) is 0 Å². The van der Waals surface area contributed by atoms with Crippen molar-refractivity contribution in [2.75, 3.05) is 0 Å². The van der Waals surface area contributed by atoms with Crippen LogP contribution in [0.2, 0.25) is 10.0 Å². The second-order valence-electron chi connectivity index (χ2n) is 8.07. The molecule has 9 heteroatoms. The molecule has 1 saturated heterocycles. The molecule has 0 radical (unpaired) electrons. The summed E-state index contributed by atoms with van der Waals surface area (Å²) in [4.78, 5) is 25.5. The largest absolute Gasteiger partial charge is 0.486 e. The van der Waals surface area contributed by atoms with Crippen molar-refractivity contribution >= 4 is 73.1 Å². The fourth-order valence-corrected chi connectivity index (χ4v) is 6.62. The molecule has 1 saturated carbocycles. The Bertz CT molecular complexity index is 1150. The normalized spacial score (nSPS) is 25.9. The first-order valence-electron chi connectivity index (χ1n) is 9.99. The van der Waals surface area contributed by atoms with Gasteiger partial charge in [-0.3, -0.25) is 9.59 Å². The molecule has 1 heterocycles. The van der Waals surface area contributed by atoms with E-state index in [0.717, 1.165) is 17.0 Å². The predicted octanol–water partition coefficient (Wildman–Crippen LogP) is 6.24. The number of amides is 2. The van der Waals surface area contributed by atoms with Crippen LogP contribution >= 0.6 is 55.1 Å². The van der Waals surface area contributed by atoms with Gasteiger partial charge in [-0.25, -0.2) is 0 Å². The molecule has 0 N–H and O–H groups in total. The maximum atomic E-state index is 12.8. The van der Waals surface area contributed by atoms with E-state index >= 15 is 0 Å². The van der Waals surface area contributed by atoms with Crippen molar-refractivity contribution in [2.45, 2.75) is 13.0 Å². The van der Waals surface area contributed by atoms with E-state index in [2.05, 4.69) is 49.1 Å². The summed E-state index contributed by atoms with van der Waals surface area (Å²) < 4.78 is 7.31. The summed E-state index contributed by atoms with van der Waals surface area (Å²) in [5, 5.41) is 6.36. The Balaban J connectivity index is 1.31. The minimum Gasteiger partial charge on any atom is -0.486 e. The van der Waals surface area contributed by atoms with E-state index in [-0.39, 0.29) is 42.1 Å². The molecule has 3 aliphatic rings. The lowest BCUT2D eigenvalue weighted by molar-refractivity contribution is -0.140. The number of nitrogens with zero attached hydrogens (tertiary/aromatic N) is 2. The van der Waals surface area contributed by atoms with Gasteiger partial charge in [-0.2, -0.15) is 10.1 Å². The Morgan fingerprint density at radius 3 is 2.25 bits per heavy atom. The summed E-state index contributed by atoms with van der Waals surface area (Å²) in [6.45, 7) is 0.260. The maximum Gasteiger partial charge on any atom is 0.254 e. The highest BCUT2D eigenvalue weighted by atomic mass is 79.9. The maximum absolute atomic E-state index is 12.8. The number of fused-ring (bicyclic) bond motifs is 5. The zero-order valence-electron chi connectivity index (χ0n) is 16.5. The first-order valence-corrected chi connectivity index (χ1v) is 12.3. The van der Waals surface area contributed by atoms with Gasteiger partial charge in [0.2, 0.25) is 0 Å². The van der Waals surface area contributed by atoms with Crippen molar-refractivity contribution < 1.29 is 14.3 Å².